The van der Waals surface area contributed by atoms with E-state index in [-0.39, 0.29) is 18.9 Å². The summed E-state index contributed by atoms with van der Waals surface area (Å²) in [4.78, 5) is 12.0. The summed E-state index contributed by atoms with van der Waals surface area (Å²) in [5.74, 6) is -1.63. The number of halogens is 3. The van der Waals surface area contributed by atoms with E-state index in [0.717, 1.165) is 17.7 Å². The third-order valence-electron chi connectivity index (χ3n) is 3.36. The molecule has 0 aliphatic heterocycles. The molecule has 1 amide bonds. The van der Waals surface area contributed by atoms with Crippen LogP contribution in [0.1, 0.15) is 12.0 Å². The van der Waals surface area contributed by atoms with Gasteiger partial charge in [-0.05, 0) is 36.8 Å². The highest BCUT2D eigenvalue weighted by Gasteiger charge is 2.10. The van der Waals surface area contributed by atoms with E-state index >= 15 is 0 Å². The highest BCUT2D eigenvalue weighted by molar-refractivity contribution is 6.31. The van der Waals surface area contributed by atoms with Gasteiger partial charge in [-0.3, -0.25) is 4.79 Å². The average Bonchev–Trinajstić information content (AvgIpc) is 2.54. The number of ether oxygens (including phenoxy) is 1. The number of hydrogen-bond acceptors (Lipinski definition) is 3. The summed E-state index contributed by atoms with van der Waals surface area (Å²) in [7, 11) is 1.49. The second-order valence-electron chi connectivity index (χ2n) is 5.16. The number of rotatable bonds is 6. The topological polar surface area (TPSA) is 50.4 Å². The molecular weight excluding hydrogens is 338 g/mol. The summed E-state index contributed by atoms with van der Waals surface area (Å²) < 4.78 is 31.1. The van der Waals surface area contributed by atoms with Gasteiger partial charge >= 0.3 is 0 Å². The molecular formula is C17H17ClF2N2O2. The van der Waals surface area contributed by atoms with Crippen molar-refractivity contribution in [3.05, 3.63) is 52.6 Å². The van der Waals surface area contributed by atoms with Crippen LogP contribution in [-0.4, -0.2) is 19.6 Å². The summed E-state index contributed by atoms with van der Waals surface area (Å²) in [5.41, 5.74) is 1.74. The zero-order chi connectivity index (χ0) is 17.7. The van der Waals surface area contributed by atoms with E-state index in [1.165, 1.54) is 13.2 Å². The molecule has 24 heavy (non-hydrogen) atoms. The van der Waals surface area contributed by atoms with Crippen molar-refractivity contribution in [2.45, 2.75) is 13.3 Å². The van der Waals surface area contributed by atoms with E-state index < -0.39 is 11.6 Å². The quantitative estimate of drug-likeness (QED) is 0.809. The molecule has 128 valence electrons. The molecule has 2 N–H and O–H groups in total. The Kier molecular flexibility index (Phi) is 5.98. The van der Waals surface area contributed by atoms with Gasteiger partial charge in [0.1, 0.15) is 5.75 Å². The first kappa shape index (κ1) is 18.0. The van der Waals surface area contributed by atoms with E-state index in [0.29, 0.717) is 22.1 Å². The Morgan fingerprint density at radius 1 is 1.21 bits per heavy atom. The zero-order valence-corrected chi connectivity index (χ0v) is 14.0. The molecule has 0 aromatic heterocycles. The van der Waals surface area contributed by atoms with E-state index in [1.54, 1.807) is 12.1 Å². The summed E-state index contributed by atoms with van der Waals surface area (Å²) in [6.45, 7) is 2.09. The fourth-order valence-electron chi connectivity index (χ4n) is 2.07. The van der Waals surface area contributed by atoms with Crippen LogP contribution < -0.4 is 15.4 Å². The van der Waals surface area contributed by atoms with Crippen LogP contribution in [0, 0.1) is 18.6 Å². The standard InChI is InChI=1S/C17H17ClF2N2O2/c1-10-7-15(16(24-2)9-12(10)18)22-17(23)5-6-21-11-3-4-13(19)14(20)8-11/h3-4,7-9,21H,5-6H2,1-2H3,(H,22,23). The molecule has 0 unspecified atom stereocenters. The number of hydrogen-bond donors (Lipinski definition) is 2. The Labute approximate surface area is 143 Å². The number of aryl methyl sites for hydroxylation is 1. The van der Waals surface area contributed by atoms with Gasteiger partial charge in [-0.25, -0.2) is 8.78 Å². The minimum Gasteiger partial charge on any atom is -0.495 e. The van der Waals surface area contributed by atoms with Crippen molar-refractivity contribution in [1.29, 1.82) is 0 Å². The van der Waals surface area contributed by atoms with Crippen molar-refractivity contribution in [3.8, 4) is 5.75 Å². The highest BCUT2D eigenvalue weighted by Crippen LogP contribution is 2.30. The molecule has 0 aliphatic rings. The number of amides is 1. The number of carbonyl (C=O) groups is 1. The lowest BCUT2D eigenvalue weighted by Crippen LogP contribution is -2.17. The van der Waals surface area contributed by atoms with Gasteiger partial charge in [0, 0.05) is 29.7 Å². The Balaban J connectivity index is 1.91. The van der Waals surface area contributed by atoms with Gasteiger partial charge in [-0.1, -0.05) is 11.6 Å². The van der Waals surface area contributed by atoms with Crippen LogP contribution in [0.25, 0.3) is 0 Å². The molecule has 0 radical (unpaired) electrons. The lowest BCUT2D eigenvalue weighted by Gasteiger charge is -2.12. The van der Waals surface area contributed by atoms with Crippen molar-refractivity contribution in [2.24, 2.45) is 0 Å². The minimum atomic E-state index is -0.939. The largest absolute Gasteiger partial charge is 0.495 e. The second-order valence-corrected chi connectivity index (χ2v) is 5.56. The Morgan fingerprint density at radius 2 is 1.96 bits per heavy atom. The van der Waals surface area contributed by atoms with Crippen molar-refractivity contribution in [1.82, 2.24) is 0 Å². The van der Waals surface area contributed by atoms with Crippen LogP contribution in [-0.2, 0) is 4.79 Å². The minimum absolute atomic E-state index is 0.143. The molecule has 7 heteroatoms. The zero-order valence-electron chi connectivity index (χ0n) is 13.3. The summed E-state index contributed by atoms with van der Waals surface area (Å²) >= 11 is 6.02. The summed E-state index contributed by atoms with van der Waals surface area (Å²) in [5, 5.41) is 6.14. The van der Waals surface area contributed by atoms with E-state index in [4.69, 9.17) is 16.3 Å². The average molecular weight is 355 g/mol. The molecule has 4 nitrogen and oxygen atoms in total. The van der Waals surface area contributed by atoms with Crippen LogP contribution in [0.5, 0.6) is 5.75 Å². The van der Waals surface area contributed by atoms with Gasteiger partial charge in [0.15, 0.2) is 11.6 Å². The monoisotopic (exact) mass is 354 g/mol. The van der Waals surface area contributed by atoms with Crippen molar-refractivity contribution >= 4 is 28.9 Å². The van der Waals surface area contributed by atoms with Gasteiger partial charge < -0.3 is 15.4 Å². The summed E-state index contributed by atoms with van der Waals surface area (Å²) in [6, 6.07) is 6.83. The molecule has 0 aliphatic carbocycles. The third-order valence-corrected chi connectivity index (χ3v) is 3.76. The number of anilines is 2. The maximum atomic E-state index is 13.1. The van der Waals surface area contributed by atoms with Crippen LogP contribution in [0.4, 0.5) is 20.2 Å². The first-order chi connectivity index (χ1) is 11.4. The molecule has 0 heterocycles. The van der Waals surface area contributed by atoms with Gasteiger partial charge in [-0.2, -0.15) is 0 Å². The molecule has 0 saturated heterocycles. The lowest BCUT2D eigenvalue weighted by molar-refractivity contribution is -0.116. The maximum Gasteiger partial charge on any atom is 0.226 e. The molecule has 0 bridgehead atoms. The SMILES string of the molecule is COc1cc(Cl)c(C)cc1NC(=O)CCNc1ccc(F)c(F)c1. The third kappa shape index (κ3) is 4.58. The van der Waals surface area contributed by atoms with Gasteiger partial charge in [0.05, 0.1) is 12.8 Å². The highest BCUT2D eigenvalue weighted by atomic mass is 35.5. The fourth-order valence-corrected chi connectivity index (χ4v) is 2.22. The van der Waals surface area contributed by atoms with Crippen molar-refractivity contribution < 1.29 is 18.3 Å². The molecule has 2 rings (SSSR count). The molecule has 0 fully saturated rings. The maximum absolute atomic E-state index is 13.1. The van der Waals surface area contributed by atoms with Crippen LogP contribution in [0.15, 0.2) is 30.3 Å². The second kappa shape index (κ2) is 7.97. The van der Waals surface area contributed by atoms with Crippen molar-refractivity contribution in [2.75, 3.05) is 24.3 Å². The first-order valence-corrected chi connectivity index (χ1v) is 7.61. The fraction of sp³-hybridized carbons (Fsp3) is 0.235. The molecule has 0 spiro atoms. The normalized spacial score (nSPS) is 10.4. The van der Waals surface area contributed by atoms with Gasteiger partial charge in [-0.15, -0.1) is 0 Å². The summed E-state index contributed by atoms with van der Waals surface area (Å²) in [6.07, 6.45) is 0.143. The molecule has 0 saturated carbocycles. The first-order valence-electron chi connectivity index (χ1n) is 7.23. The van der Waals surface area contributed by atoms with Crippen LogP contribution in [0.3, 0.4) is 0 Å². The predicted molar refractivity (Wildman–Crippen MR) is 90.8 cm³/mol. The molecule has 2 aromatic rings. The number of benzene rings is 2. The number of carbonyl (C=O) groups excluding carboxylic acids is 1. The van der Waals surface area contributed by atoms with Gasteiger partial charge in [0.2, 0.25) is 5.91 Å². The number of nitrogens with one attached hydrogen (secondary N) is 2. The van der Waals surface area contributed by atoms with E-state index in [1.807, 2.05) is 6.92 Å². The van der Waals surface area contributed by atoms with E-state index in [9.17, 15) is 13.6 Å². The Morgan fingerprint density at radius 3 is 2.62 bits per heavy atom. The Hall–Kier alpha value is -2.34. The van der Waals surface area contributed by atoms with E-state index in [2.05, 4.69) is 10.6 Å². The van der Waals surface area contributed by atoms with Gasteiger partial charge in [0.25, 0.3) is 0 Å². The smallest absolute Gasteiger partial charge is 0.226 e. The predicted octanol–water partition coefficient (Wildman–Crippen LogP) is 4.38. The van der Waals surface area contributed by atoms with Crippen LogP contribution in [0.2, 0.25) is 5.02 Å². The van der Waals surface area contributed by atoms with Crippen LogP contribution >= 0.6 is 11.6 Å². The van der Waals surface area contributed by atoms with Crippen molar-refractivity contribution in [3.63, 3.8) is 0 Å². The lowest BCUT2D eigenvalue weighted by atomic mass is 10.2. The Bertz CT molecular complexity index is 754. The molecule has 2 aromatic carbocycles. The number of methoxy groups -OCH3 is 1. The molecule has 0 atom stereocenters.